The number of aliphatic hydroxyl groups excluding tert-OH is 1. The molecule has 21 heavy (non-hydrogen) atoms. The number of anilines is 1. The number of rotatable bonds is 9. The van der Waals surface area contributed by atoms with Gasteiger partial charge in [0.1, 0.15) is 0 Å². The molecule has 1 aliphatic carbocycles. The fourth-order valence-electron chi connectivity index (χ4n) is 2.58. The molecule has 0 unspecified atom stereocenters. The largest absolute Gasteiger partial charge is 0.395 e. The summed E-state index contributed by atoms with van der Waals surface area (Å²) in [6.07, 6.45) is 3.69. The second kappa shape index (κ2) is 8.59. The minimum atomic E-state index is 0.175. The molecule has 0 aliphatic heterocycles. The molecule has 0 spiro atoms. The van der Waals surface area contributed by atoms with E-state index in [-0.39, 0.29) is 6.61 Å². The van der Waals surface area contributed by atoms with Crippen molar-refractivity contribution in [1.29, 1.82) is 0 Å². The average Bonchev–Trinajstić information content (AvgIpc) is 2.42. The number of nitrogens with zero attached hydrogens (tertiary/aromatic N) is 1. The number of nitrogens with one attached hydrogen (secondary N) is 1. The molecular weight excluding hydrogens is 288 g/mol. The van der Waals surface area contributed by atoms with Gasteiger partial charge >= 0.3 is 0 Å². The van der Waals surface area contributed by atoms with E-state index in [4.69, 9.17) is 16.3 Å². The summed E-state index contributed by atoms with van der Waals surface area (Å²) in [5.74, 6) is 0. The van der Waals surface area contributed by atoms with Crippen LogP contribution < -0.4 is 10.2 Å². The van der Waals surface area contributed by atoms with Gasteiger partial charge in [0.2, 0.25) is 0 Å². The minimum absolute atomic E-state index is 0.175. The van der Waals surface area contributed by atoms with E-state index in [0.717, 1.165) is 29.4 Å². The molecule has 1 fully saturated rings. The standard InChI is InChI=1S/C16H25ClN2O2/c1-21-10-7-18-12-13-5-6-15(11-16(13)17)19(8-9-20)14-3-2-4-14/h5-6,11,14,18,20H,2-4,7-10,12H2,1H3. The lowest BCUT2D eigenvalue weighted by atomic mass is 9.91. The van der Waals surface area contributed by atoms with Gasteiger partial charge in [-0.25, -0.2) is 0 Å². The van der Waals surface area contributed by atoms with E-state index >= 15 is 0 Å². The van der Waals surface area contributed by atoms with Gasteiger partial charge < -0.3 is 20.1 Å². The fourth-order valence-corrected chi connectivity index (χ4v) is 2.83. The number of aliphatic hydroxyl groups is 1. The molecule has 1 aliphatic rings. The van der Waals surface area contributed by atoms with Gasteiger partial charge in [0.15, 0.2) is 0 Å². The fraction of sp³-hybridized carbons (Fsp3) is 0.625. The SMILES string of the molecule is COCCNCc1ccc(N(CCO)C2CCC2)cc1Cl. The van der Waals surface area contributed by atoms with Crippen LogP contribution in [-0.2, 0) is 11.3 Å². The minimum Gasteiger partial charge on any atom is -0.395 e. The molecule has 5 heteroatoms. The Labute approximate surface area is 132 Å². The first kappa shape index (κ1) is 16.6. The normalized spacial score (nSPS) is 15.0. The van der Waals surface area contributed by atoms with Crippen LogP contribution in [0.1, 0.15) is 24.8 Å². The van der Waals surface area contributed by atoms with Crippen LogP contribution in [0.4, 0.5) is 5.69 Å². The molecule has 0 heterocycles. The van der Waals surface area contributed by atoms with Crippen molar-refractivity contribution in [1.82, 2.24) is 5.32 Å². The van der Waals surface area contributed by atoms with Crippen molar-refractivity contribution in [3.63, 3.8) is 0 Å². The van der Waals surface area contributed by atoms with Crippen molar-refractivity contribution in [2.75, 3.05) is 38.3 Å². The molecule has 118 valence electrons. The van der Waals surface area contributed by atoms with Gasteiger partial charge in [0, 0.05) is 43.5 Å². The summed E-state index contributed by atoms with van der Waals surface area (Å²) in [7, 11) is 1.69. The number of methoxy groups -OCH3 is 1. The molecule has 2 rings (SSSR count). The Hall–Kier alpha value is -0.810. The van der Waals surface area contributed by atoms with Gasteiger partial charge in [0.05, 0.1) is 13.2 Å². The molecular formula is C16H25ClN2O2. The van der Waals surface area contributed by atoms with E-state index in [1.165, 1.54) is 19.3 Å². The third-order valence-corrected chi connectivity index (χ3v) is 4.37. The van der Waals surface area contributed by atoms with Crippen LogP contribution in [0.15, 0.2) is 18.2 Å². The van der Waals surface area contributed by atoms with Crippen LogP contribution in [0.25, 0.3) is 0 Å². The summed E-state index contributed by atoms with van der Waals surface area (Å²) in [5.41, 5.74) is 2.20. The number of halogens is 1. The number of benzene rings is 1. The van der Waals surface area contributed by atoms with Crippen LogP contribution in [-0.4, -0.2) is 44.6 Å². The monoisotopic (exact) mass is 312 g/mol. The molecule has 0 bridgehead atoms. The third kappa shape index (κ3) is 4.58. The Kier molecular flexibility index (Phi) is 6.77. The molecule has 4 nitrogen and oxygen atoms in total. The van der Waals surface area contributed by atoms with Gasteiger partial charge in [-0.15, -0.1) is 0 Å². The maximum atomic E-state index is 9.26. The maximum Gasteiger partial charge on any atom is 0.0606 e. The van der Waals surface area contributed by atoms with E-state index in [2.05, 4.69) is 22.3 Å². The predicted octanol–water partition coefficient (Wildman–Crippen LogP) is 2.43. The molecule has 0 radical (unpaired) electrons. The molecule has 1 aromatic rings. The Morgan fingerprint density at radius 3 is 2.81 bits per heavy atom. The van der Waals surface area contributed by atoms with Gasteiger partial charge in [-0.2, -0.15) is 0 Å². The molecule has 0 aromatic heterocycles. The van der Waals surface area contributed by atoms with Crippen molar-refractivity contribution in [3.8, 4) is 0 Å². The third-order valence-electron chi connectivity index (χ3n) is 4.02. The lowest BCUT2D eigenvalue weighted by Crippen LogP contribution is -2.42. The highest BCUT2D eigenvalue weighted by Crippen LogP contribution is 2.31. The summed E-state index contributed by atoms with van der Waals surface area (Å²) >= 11 is 6.39. The summed E-state index contributed by atoms with van der Waals surface area (Å²) < 4.78 is 5.01. The lowest BCUT2D eigenvalue weighted by Gasteiger charge is -2.39. The molecule has 0 atom stereocenters. The van der Waals surface area contributed by atoms with Crippen molar-refractivity contribution >= 4 is 17.3 Å². The number of hydrogen-bond donors (Lipinski definition) is 2. The molecule has 1 aromatic carbocycles. The summed E-state index contributed by atoms with van der Waals surface area (Å²) in [4.78, 5) is 2.28. The highest BCUT2D eigenvalue weighted by atomic mass is 35.5. The Balaban J connectivity index is 1.99. The van der Waals surface area contributed by atoms with E-state index in [9.17, 15) is 5.11 Å². The van der Waals surface area contributed by atoms with Crippen molar-refractivity contribution in [3.05, 3.63) is 28.8 Å². The molecule has 0 amide bonds. The Bertz CT molecular complexity index is 438. The van der Waals surface area contributed by atoms with Gasteiger partial charge in [0.25, 0.3) is 0 Å². The highest BCUT2D eigenvalue weighted by Gasteiger charge is 2.25. The topological polar surface area (TPSA) is 44.7 Å². The second-order valence-corrected chi connectivity index (χ2v) is 5.85. The second-order valence-electron chi connectivity index (χ2n) is 5.45. The van der Waals surface area contributed by atoms with Crippen molar-refractivity contribution < 1.29 is 9.84 Å². The van der Waals surface area contributed by atoms with Gasteiger partial charge in [-0.3, -0.25) is 0 Å². The molecule has 2 N–H and O–H groups in total. The number of ether oxygens (including phenoxy) is 1. The zero-order valence-electron chi connectivity index (χ0n) is 12.6. The van der Waals surface area contributed by atoms with Crippen LogP contribution >= 0.6 is 11.6 Å². The first-order chi connectivity index (χ1) is 10.3. The zero-order valence-corrected chi connectivity index (χ0v) is 13.4. The zero-order chi connectivity index (χ0) is 15.1. The smallest absolute Gasteiger partial charge is 0.0606 e. The first-order valence-electron chi connectivity index (χ1n) is 7.62. The summed E-state index contributed by atoms with van der Waals surface area (Å²) in [6, 6.07) is 6.75. The van der Waals surface area contributed by atoms with Crippen LogP contribution in [0.5, 0.6) is 0 Å². The predicted molar refractivity (Wildman–Crippen MR) is 87.1 cm³/mol. The highest BCUT2D eigenvalue weighted by molar-refractivity contribution is 6.31. The van der Waals surface area contributed by atoms with Gasteiger partial charge in [-0.05, 0) is 37.0 Å². The summed E-state index contributed by atoms with van der Waals surface area (Å²) in [6.45, 7) is 3.10. The molecule has 0 saturated heterocycles. The summed E-state index contributed by atoms with van der Waals surface area (Å²) in [5, 5.41) is 13.3. The average molecular weight is 313 g/mol. The maximum absolute atomic E-state index is 9.26. The van der Waals surface area contributed by atoms with Crippen LogP contribution in [0.3, 0.4) is 0 Å². The van der Waals surface area contributed by atoms with E-state index in [1.807, 2.05) is 6.07 Å². The molecule has 1 saturated carbocycles. The van der Waals surface area contributed by atoms with Crippen LogP contribution in [0.2, 0.25) is 5.02 Å². The van der Waals surface area contributed by atoms with E-state index in [1.54, 1.807) is 7.11 Å². The van der Waals surface area contributed by atoms with Crippen LogP contribution in [0, 0.1) is 0 Å². The Morgan fingerprint density at radius 1 is 1.43 bits per heavy atom. The van der Waals surface area contributed by atoms with Crippen molar-refractivity contribution in [2.45, 2.75) is 31.8 Å². The first-order valence-corrected chi connectivity index (χ1v) is 7.99. The van der Waals surface area contributed by atoms with Crippen molar-refractivity contribution in [2.24, 2.45) is 0 Å². The van der Waals surface area contributed by atoms with Gasteiger partial charge in [-0.1, -0.05) is 17.7 Å². The van der Waals surface area contributed by atoms with E-state index < -0.39 is 0 Å². The lowest BCUT2D eigenvalue weighted by molar-refractivity contribution is 0.199. The quantitative estimate of drug-likeness (QED) is 0.687. The van der Waals surface area contributed by atoms with E-state index in [0.29, 0.717) is 19.2 Å². The Morgan fingerprint density at radius 2 is 2.24 bits per heavy atom. The number of hydrogen-bond acceptors (Lipinski definition) is 4.